The second-order valence-corrected chi connectivity index (χ2v) is 5.57. The van der Waals surface area contributed by atoms with Gasteiger partial charge in [0.05, 0.1) is 23.3 Å². The van der Waals surface area contributed by atoms with Crippen molar-refractivity contribution in [2.45, 2.75) is 6.92 Å². The molecular weight excluding hydrogens is 278 g/mol. The molecule has 0 aliphatic rings. The fraction of sp³-hybridized carbons (Fsp3) is 0.417. The summed E-state index contributed by atoms with van der Waals surface area (Å²) >= 11 is 1.30. The number of anilines is 1. The third-order valence-electron chi connectivity index (χ3n) is 3.08. The van der Waals surface area contributed by atoms with Gasteiger partial charge in [-0.1, -0.05) is 0 Å². The predicted molar refractivity (Wildman–Crippen MR) is 78.8 cm³/mol. The zero-order chi connectivity index (χ0) is 15.0. The summed E-state index contributed by atoms with van der Waals surface area (Å²) in [5.41, 5.74) is 7.29. The summed E-state index contributed by atoms with van der Waals surface area (Å²) in [6.07, 6.45) is 0. The molecule has 0 bridgehead atoms. The standard InChI is InChI=1S/C12H17N5O2S/c1-6-8-9(13)10(20-12(8)17(4)15-6)11(19)16(3)5-7(18)14-2/h5,13H2,1-4H3,(H,14,18). The van der Waals surface area contributed by atoms with Crippen molar-refractivity contribution in [3.8, 4) is 0 Å². The quantitative estimate of drug-likeness (QED) is 0.854. The van der Waals surface area contributed by atoms with Gasteiger partial charge in [-0.3, -0.25) is 14.3 Å². The first-order valence-corrected chi connectivity index (χ1v) is 6.86. The van der Waals surface area contributed by atoms with Gasteiger partial charge in [-0.15, -0.1) is 11.3 Å². The molecule has 0 aliphatic heterocycles. The summed E-state index contributed by atoms with van der Waals surface area (Å²) < 4.78 is 1.71. The molecule has 0 spiro atoms. The number of rotatable bonds is 3. The van der Waals surface area contributed by atoms with Gasteiger partial charge in [0.2, 0.25) is 5.91 Å². The van der Waals surface area contributed by atoms with E-state index in [1.54, 1.807) is 11.7 Å². The maximum atomic E-state index is 12.4. The van der Waals surface area contributed by atoms with E-state index in [0.29, 0.717) is 10.6 Å². The number of nitrogens with zero attached hydrogens (tertiary/aromatic N) is 3. The number of nitrogens with one attached hydrogen (secondary N) is 1. The van der Waals surface area contributed by atoms with Gasteiger partial charge in [0.15, 0.2) is 0 Å². The minimum atomic E-state index is -0.258. The maximum Gasteiger partial charge on any atom is 0.266 e. The number of thiophene rings is 1. The van der Waals surface area contributed by atoms with Crippen LogP contribution in [-0.4, -0.2) is 47.1 Å². The fourth-order valence-electron chi connectivity index (χ4n) is 2.03. The summed E-state index contributed by atoms with van der Waals surface area (Å²) in [5.74, 6) is -0.481. The Hall–Kier alpha value is -2.09. The summed E-state index contributed by atoms with van der Waals surface area (Å²) in [6.45, 7) is 1.86. The van der Waals surface area contributed by atoms with Crippen LogP contribution < -0.4 is 11.1 Å². The highest BCUT2D eigenvalue weighted by Crippen LogP contribution is 2.35. The largest absolute Gasteiger partial charge is 0.397 e. The van der Waals surface area contributed by atoms with Crippen LogP contribution in [0.5, 0.6) is 0 Å². The number of likely N-dealkylation sites (N-methyl/N-ethyl adjacent to an activating group) is 2. The summed E-state index contributed by atoms with van der Waals surface area (Å²) in [7, 11) is 4.92. The van der Waals surface area contributed by atoms with E-state index in [2.05, 4.69) is 10.4 Å². The van der Waals surface area contributed by atoms with E-state index in [1.807, 2.05) is 14.0 Å². The van der Waals surface area contributed by atoms with E-state index in [0.717, 1.165) is 15.9 Å². The molecule has 0 unspecified atom stereocenters. The van der Waals surface area contributed by atoms with Gasteiger partial charge in [-0.25, -0.2) is 0 Å². The van der Waals surface area contributed by atoms with Crippen LogP contribution in [0.2, 0.25) is 0 Å². The van der Waals surface area contributed by atoms with Crippen LogP contribution in [-0.2, 0) is 11.8 Å². The lowest BCUT2D eigenvalue weighted by molar-refractivity contribution is -0.121. The monoisotopic (exact) mass is 295 g/mol. The first-order chi connectivity index (χ1) is 9.36. The van der Waals surface area contributed by atoms with Crippen molar-refractivity contribution in [1.82, 2.24) is 20.0 Å². The van der Waals surface area contributed by atoms with Crippen molar-refractivity contribution < 1.29 is 9.59 Å². The molecule has 2 aromatic rings. The minimum Gasteiger partial charge on any atom is -0.397 e. The van der Waals surface area contributed by atoms with Crippen LogP contribution in [0.15, 0.2) is 0 Å². The van der Waals surface area contributed by atoms with E-state index in [9.17, 15) is 9.59 Å². The third kappa shape index (κ3) is 2.22. The second kappa shape index (κ2) is 5.12. The molecule has 8 heteroatoms. The van der Waals surface area contributed by atoms with Gasteiger partial charge in [-0.2, -0.15) is 5.10 Å². The Labute approximate surface area is 120 Å². The van der Waals surface area contributed by atoms with Crippen molar-refractivity contribution in [2.24, 2.45) is 7.05 Å². The minimum absolute atomic E-state index is 0.000249. The van der Waals surface area contributed by atoms with E-state index < -0.39 is 0 Å². The topological polar surface area (TPSA) is 93.2 Å². The van der Waals surface area contributed by atoms with Crippen molar-refractivity contribution in [3.05, 3.63) is 10.6 Å². The molecule has 0 radical (unpaired) electrons. The average Bonchev–Trinajstić information content (AvgIpc) is 2.88. The van der Waals surface area contributed by atoms with Gasteiger partial charge < -0.3 is 16.0 Å². The molecule has 0 aromatic carbocycles. The van der Waals surface area contributed by atoms with Gasteiger partial charge in [0.1, 0.15) is 9.71 Å². The average molecular weight is 295 g/mol. The van der Waals surface area contributed by atoms with Crippen LogP contribution >= 0.6 is 11.3 Å². The number of aromatic nitrogens is 2. The SMILES string of the molecule is CNC(=O)CN(C)C(=O)c1sc2c(c(C)nn2C)c1N. The highest BCUT2D eigenvalue weighted by molar-refractivity contribution is 7.21. The zero-order valence-electron chi connectivity index (χ0n) is 11.9. The Morgan fingerprint density at radius 3 is 2.70 bits per heavy atom. The van der Waals surface area contributed by atoms with Crippen LogP contribution in [0.4, 0.5) is 5.69 Å². The lowest BCUT2D eigenvalue weighted by Gasteiger charge is -2.15. The summed E-state index contributed by atoms with van der Waals surface area (Å²) in [5, 5.41) is 7.57. The van der Waals surface area contributed by atoms with E-state index in [-0.39, 0.29) is 18.4 Å². The van der Waals surface area contributed by atoms with Crippen molar-refractivity contribution in [3.63, 3.8) is 0 Å². The highest BCUT2D eigenvalue weighted by Gasteiger charge is 2.24. The normalized spacial score (nSPS) is 10.8. The molecule has 0 saturated carbocycles. The molecule has 3 N–H and O–H groups in total. The first-order valence-electron chi connectivity index (χ1n) is 6.04. The highest BCUT2D eigenvalue weighted by atomic mass is 32.1. The third-order valence-corrected chi connectivity index (χ3v) is 4.34. The Balaban J connectivity index is 2.38. The number of hydrogen-bond acceptors (Lipinski definition) is 5. The first kappa shape index (κ1) is 14.3. The zero-order valence-corrected chi connectivity index (χ0v) is 12.7. The number of nitrogens with two attached hydrogens (primary N) is 1. The Morgan fingerprint density at radius 1 is 1.50 bits per heavy atom. The Kier molecular flexibility index (Phi) is 3.67. The van der Waals surface area contributed by atoms with Gasteiger partial charge >= 0.3 is 0 Å². The molecule has 7 nitrogen and oxygen atoms in total. The number of hydrogen-bond donors (Lipinski definition) is 2. The van der Waals surface area contributed by atoms with E-state index in [4.69, 9.17) is 5.73 Å². The maximum absolute atomic E-state index is 12.4. The van der Waals surface area contributed by atoms with Crippen molar-refractivity contribution in [1.29, 1.82) is 0 Å². The molecule has 2 rings (SSSR count). The lowest BCUT2D eigenvalue weighted by atomic mass is 10.2. The number of carbonyl (C=O) groups is 2. The van der Waals surface area contributed by atoms with Crippen LogP contribution in [0, 0.1) is 6.92 Å². The molecule has 2 aromatic heterocycles. The number of carbonyl (C=O) groups excluding carboxylic acids is 2. The van der Waals surface area contributed by atoms with Gasteiger partial charge in [0.25, 0.3) is 5.91 Å². The fourth-order valence-corrected chi connectivity index (χ4v) is 3.21. The number of fused-ring (bicyclic) bond motifs is 1. The van der Waals surface area contributed by atoms with Crippen LogP contribution in [0.25, 0.3) is 10.2 Å². The molecule has 0 fully saturated rings. The molecule has 0 saturated heterocycles. The molecule has 0 aliphatic carbocycles. The molecule has 108 valence electrons. The number of aryl methyl sites for hydroxylation is 2. The van der Waals surface area contributed by atoms with Crippen LogP contribution in [0.3, 0.4) is 0 Å². The predicted octanol–water partition coefficient (Wildman–Crippen LogP) is 0.343. The molecule has 2 heterocycles. The van der Waals surface area contributed by atoms with Crippen LogP contribution in [0.1, 0.15) is 15.4 Å². The molecule has 0 atom stereocenters. The summed E-state index contributed by atoms with van der Waals surface area (Å²) in [4.78, 5) is 26.3. The lowest BCUT2D eigenvalue weighted by Crippen LogP contribution is -2.36. The van der Waals surface area contributed by atoms with Gasteiger partial charge in [-0.05, 0) is 6.92 Å². The smallest absolute Gasteiger partial charge is 0.266 e. The Morgan fingerprint density at radius 2 is 2.15 bits per heavy atom. The molecule has 2 amide bonds. The summed E-state index contributed by atoms with van der Waals surface area (Å²) in [6, 6.07) is 0. The molecule has 20 heavy (non-hydrogen) atoms. The van der Waals surface area contributed by atoms with Crippen molar-refractivity contribution in [2.75, 3.05) is 26.4 Å². The number of nitrogen functional groups attached to an aromatic ring is 1. The van der Waals surface area contributed by atoms with Gasteiger partial charge in [0, 0.05) is 21.1 Å². The molecular formula is C12H17N5O2S. The Bertz CT molecular complexity index is 688. The van der Waals surface area contributed by atoms with E-state index >= 15 is 0 Å². The number of amides is 2. The van der Waals surface area contributed by atoms with E-state index in [1.165, 1.54) is 23.3 Å². The van der Waals surface area contributed by atoms with Crippen molar-refractivity contribution >= 4 is 39.1 Å². The second-order valence-electron chi connectivity index (χ2n) is 4.57.